The maximum absolute atomic E-state index is 10.4. The molecule has 3 aromatic rings. The molecule has 5 nitrogen and oxygen atoms in total. The molecule has 2 aromatic carbocycles. The first-order valence-corrected chi connectivity index (χ1v) is 11.0. The molecule has 0 spiro atoms. The molecule has 2 atom stereocenters. The van der Waals surface area contributed by atoms with Gasteiger partial charge < -0.3 is 15.2 Å². The Morgan fingerprint density at radius 3 is 2.33 bits per heavy atom. The lowest BCUT2D eigenvalue weighted by molar-refractivity contribution is -0.129. The second-order valence-corrected chi connectivity index (χ2v) is 7.88. The monoisotopic (exact) mass is 426 g/mol. The van der Waals surface area contributed by atoms with Crippen LogP contribution in [-0.2, 0) is 29.0 Å². The summed E-state index contributed by atoms with van der Waals surface area (Å²) in [6.45, 7) is 0.772. The Balaban J connectivity index is 0.000000297. The van der Waals surface area contributed by atoms with Crippen LogP contribution in [0.3, 0.4) is 0 Å². The fraction of sp³-hybridized carbons (Fsp3) is 0.333. The molecule has 0 bridgehead atoms. The van der Waals surface area contributed by atoms with E-state index in [2.05, 4.69) is 51.4 Å². The summed E-state index contributed by atoms with van der Waals surface area (Å²) in [7, 11) is 1.92. The van der Waals surface area contributed by atoms with Crippen molar-refractivity contribution in [3.63, 3.8) is 0 Å². The van der Waals surface area contributed by atoms with Gasteiger partial charge in [-0.05, 0) is 43.9 Å². The van der Waals surface area contributed by atoms with E-state index in [1.54, 1.807) is 11.7 Å². The third-order valence-electron chi connectivity index (χ3n) is 4.72. The van der Waals surface area contributed by atoms with Crippen molar-refractivity contribution in [3.8, 4) is 0 Å². The zero-order chi connectivity index (χ0) is 21.4. The van der Waals surface area contributed by atoms with Gasteiger partial charge in [-0.1, -0.05) is 60.7 Å². The second kappa shape index (κ2) is 14.4. The maximum atomic E-state index is 10.4. The molecule has 0 radical (unpaired) electrons. The van der Waals surface area contributed by atoms with Crippen LogP contribution in [0.5, 0.6) is 0 Å². The molecule has 6 heteroatoms. The third kappa shape index (κ3) is 9.31. The van der Waals surface area contributed by atoms with Crippen LogP contribution in [0.1, 0.15) is 28.8 Å². The molecule has 1 aromatic heterocycles. The normalized spacial score (nSPS) is 12.3. The predicted molar refractivity (Wildman–Crippen MR) is 121 cm³/mol. The van der Waals surface area contributed by atoms with Crippen LogP contribution in [0, 0.1) is 0 Å². The highest BCUT2D eigenvalue weighted by atomic mass is 32.1. The lowest BCUT2D eigenvalue weighted by Gasteiger charge is -2.22. The van der Waals surface area contributed by atoms with Crippen molar-refractivity contribution in [2.24, 2.45) is 0 Å². The number of ether oxygens (including phenoxy) is 1. The number of nitrogens with zero attached hydrogens (tertiary/aromatic N) is 1. The van der Waals surface area contributed by atoms with Gasteiger partial charge in [0.25, 0.3) is 6.47 Å². The first-order valence-electron chi connectivity index (χ1n) is 10.1. The van der Waals surface area contributed by atoms with Crippen molar-refractivity contribution in [3.05, 3.63) is 88.4 Å². The first kappa shape index (κ1) is 23.7. The maximum Gasteiger partial charge on any atom is 0.293 e. The minimum atomic E-state index is -0.307. The van der Waals surface area contributed by atoms with Gasteiger partial charge in [-0.15, -0.1) is 11.3 Å². The molecule has 160 valence electrons. The van der Waals surface area contributed by atoms with Crippen molar-refractivity contribution >= 4 is 17.8 Å². The van der Waals surface area contributed by atoms with Gasteiger partial charge in [-0.3, -0.25) is 9.78 Å². The van der Waals surface area contributed by atoms with Gasteiger partial charge in [0.1, 0.15) is 6.61 Å². The minimum Gasteiger partial charge on any atom is -0.462 e. The number of aryl methyl sites for hydroxylation is 1. The van der Waals surface area contributed by atoms with Gasteiger partial charge in [-0.25, -0.2) is 0 Å². The van der Waals surface area contributed by atoms with Crippen molar-refractivity contribution in [2.75, 3.05) is 7.05 Å². The largest absolute Gasteiger partial charge is 0.462 e. The molecule has 3 rings (SSSR count). The SMILES string of the molecule is CNC(Cc1ccccc1)C(O)CCCc1ccccc1.O=COCc1cncs1. The molecule has 30 heavy (non-hydrogen) atoms. The van der Waals surface area contributed by atoms with Crippen molar-refractivity contribution in [2.45, 2.75) is 44.4 Å². The van der Waals surface area contributed by atoms with E-state index in [9.17, 15) is 9.90 Å². The number of hydrogen-bond acceptors (Lipinski definition) is 6. The summed E-state index contributed by atoms with van der Waals surface area (Å²) in [6.07, 6.45) is 5.10. The van der Waals surface area contributed by atoms with Gasteiger partial charge in [0.15, 0.2) is 0 Å². The Hall–Kier alpha value is -2.54. The van der Waals surface area contributed by atoms with E-state index < -0.39 is 0 Å². The van der Waals surface area contributed by atoms with Gasteiger partial charge in [0, 0.05) is 12.2 Å². The number of carbonyl (C=O) groups is 1. The second-order valence-electron chi connectivity index (χ2n) is 6.91. The van der Waals surface area contributed by atoms with Crippen LogP contribution in [0.25, 0.3) is 0 Å². The molecule has 0 aliphatic rings. The lowest BCUT2D eigenvalue weighted by atomic mass is 9.97. The summed E-state index contributed by atoms with van der Waals surface area (Å²) in [4.78, 5) is 14.4. The van der Waals surface area contributed by atoms with E-state index in [1.807, 2.05) is 31.3 Å². The van der Waals surface area contributed by atoms with E-state index in [1.165, 1.54) is 22.5 Å². The summed E-state index contributed by atoms with van der Waals surface area (Å²) in [5.41, 5.74) is 4.30. The molecule has 0 saturated heterocycles. The molecular weight excluding hydrogens is 396 g/mol. The summed E-state index contributed by atoms with van der Waals surface area (Å²) in [6, 6.07) is 20.9. The number of aromatic nitrogens is 1. The van der Waals surface area contributed by atoms with Crippen LogP contribution < -0.4 is 5.32 Å². The van der Waals surface area contributed by atoms with E-state index >= 15 is 0 Å². The van der Waals surface area contributed by atoms with Crippen molar-refractivity contribution < 1.29 is 14.6 Å². The van der Waals surface area contributed by atoms with Gasteiger partial charge >= 0.3 is 0 Å². The van der Waals surface area contributed by atoms with Crippen LogP contribution in [0.2, 0.25) is 0 Å². The average Bonchev–Trinajstić information content (AvgIpc) is 3.31. The van der Waals surface area contributed by atoms with Gasteiger partial charge in [0.2, 0.25) is 0 Å². The lowest BCUT2D eigenvalue weighted by Crippen LogP contribution is -2.39. The quantitative estimate of drug-likeness (QED) is 0.453. The number of rotatable bonds is 11. The first-order chi connectivity index (χ1) is 14.7. The highest BCUT2D eigenvalue weighted by Crippen LogP contribution is 2.12. The molecule has 0 fully saturated rings. The molecule has 0 aliphatic heterocycles. The summed E-state index contributed by atoms with van der Waals surface area (Å²) in [5.74, 6) is 0. The number of nitrogens with one attached hydrogen (secondary N) is 1. The van der Waals surface area contributed by atoms with E-state index in [0.29, 0.717) is 13.1 Å². The molecule has 1 heterocycles. The van der Waals surface area contributed by atoms with Crippen molar-refractivity contribution in [1.29, 1.82) is 0 Å². The number of aliphatic hydroxyl groups is 1. The summed E-state index contributed by atoms with van der Waals surface area (Å²) < 4.78 is 4.47. The standard InChI is InChI=1S/C19H25NO.C5H5NO2S/c1-20-18(15-17-11-6-3-7-12-17)19(21)14-8-13-16-9-4-2-5-10-16;7-4-8-2-5-1-6-3-9-5/h2-7,9-12,18-21H,8,13-15H2,1H3;1,3-4H,2H2. The summed E-state index contributed by atoms with van der Waals surface area (Å²) >= 11 is 1.47. The average molecular weight is 427 g/mol. The van der Waals surface area contributed by atoms with E-state index in [4.69, 9.17) is 0 Å². The fourth-order valence-corrected chi connectivity index (χ4v) is 3.60. The molecular formula is C24H30N2O3S. The van der Waals surface area contributed by atoms with Crippen LogP contribution in [0.15, 0.2) is 72.4 Å². The van der Waals surface area contributed by atoms with Gasteiger partial charge in [0.05, 0.1) is 16.5 Å². The van der Waals surface area contributed by atoms with Crippen LogP contribution in [-0.4, -0.2) is 35.8 Å². The number of benzene rings is 2. The molecule has 2 N–H and O–H groups in total. The van der Waals surface area contributed by atoms with Crippen molar-refractivity contribution in [1.82, 2.24) is 10.3 Å². The number of aliphatic hydroxyl groups excluding tert-OH is 1. The fourth-order valence-electron chi connectivity index (χ4n) is 3.09. The highest BCUT2D eigenvalue weighted by Gasteiger charge is 2.17. The zero-order valence-electron chi connectivity index (χ0n) is 17.3. The molecule has 0 aliphatic carbocycles. The molecule has 0 amide bonds. The number of likely N-dealkylation sites (N-methyl/N-ethyl adjacent to an activating group) is 1. The molecule has 2 unspecified atom stereocenters. The number of hydrogen-bond donors (Lipinski definition) is 2. The number of carbonyl (C=O) groups excluding carboxylic acids is 1. The zero-order valence-corrected chi connectivity index (χ0v) is 18.1. The Morgan fingerprint density at radius 1 is 1.10 bits per heavy atom. The number of thiazole rings is 1. The van der Waals surface area contributed by atoms with Crippen LogP contribution >= 0.6 is 11.3 Å². The molecule has 0 saturated carbocycles. The Labute approximate surface area is 182 Å². The van der Waals surface area contributed by atoms with Gasteiger partial charge in [-0.2, -0.15) is 0 Å². The smallest absolute Gasteiger partial charge is 0.293 e. The topological polar surface area (TPSA) is 71.5 Å². The van der Waals surface area contributed by atoms with Crippen LogP contribution in [0.4, 0.5) is 0 Å². The minimum absolute atomic E-state index is 0.114. The van der Waals surface area contributed by atoms with E-state index in [0.717, 1.165) is 30.6 Å². The summed E-state index contributed by atoms with van der Waals surface area (Å²) in [5, 5.41) is 13.6. The third-order valence-corrected chi connectivity index (χ3v) is 5.47. The Morgan fingerprint density at radius 2 is 1.77 bits per heavy atom. The highest BCUT2D eigenvalue weighted by molar-refractivity contribution is 7.09. The predicted octanol–water partition coefficient (Wildman–Crippen LogP) is 4.02. The Bertz CT molecular complexity index is 798. The Kier molecular flexibility index (Phi) is 11.4. The van der Waals surface area contributed by atoms with E-state index in [-0.39, 0.29) is 12.1 Å².